The Labute approximate surface area is 125 Å². The fourth-order valence-electron chi connectivity index (χ4n) is 3.25. The van der Waals surface area contributed by atoms with Gasteiger partial charge in [0, 0.05) is 26.3 Å². The van der Waals surface area contributed by atoms with Crippen LogP contribution < -0.4 is 0 Å². The average Bonchev–Trinajstić information content (AvgIpc) is 2.87. The number of ether oxygens (including phenoxy) is 2. The van der Waals surface area contributed by atoms with Gasteiger partial charge in [0.1, 0.15) is 5.60 Å². The van der Waals surface area contributed by atoms with Gasteiger partial charge >= 0.3 is 0 Å². The number of hydrogen-bond donors (Lipinski definition) is 0. The maximum atomic E-state index is 11.3. The van der Waals surface area contributed by atoms with Crippen LogP contribution in [0.1, 0.15) is 25.5 Å². The molecular weight excluding hydrogens is 268 g/mol. The normalized spacial score (nSPS) is 23.3. The first-order valence-electron chi connectivity index (χ1n) is 7.57. The van der Waals surface area contributed by atoms with Gasteiger partial charge in [0.05, 0.1) is 25.4 Å². The summed E-state index contributed by atoms with van der Waals surface area (Å²) in [5.41, 5.74) is 0.862. The summed E-state index contributed by atoms with van der Waals surface area (Å²) in [5.74, 6) is 0.637. The first kappa shape index (κ1) is 14.5. The second kappa shape index (κ2) is 6.12. The van der Waals surface area contributed by atoms with Crippen LogP contribution in [-0.4, -0.2) is 47.7 Å². The van der Waals surface area contributed by atoms with Crippen LogP contribution in [0.2, 0.25) is 0 Å². The minimum atomic E-state index is -0.0972. The van der Waals surface area contributed by atoms with Gasteiger partial charge in [-0.05, 0) is 30.9 Å². The molecule has 5 nitrogen and oxygen atoms in total. The number of carbonyl (C=O) groups excluding carboxylic acids is 1. The lowest BCUT2D eigenvalue weighted by Crippen LogP contribution is -2.65. The second-order valence-corrected chi connectivity index (χ2v) is 5.94. The Balaban J connectivity index is 1.42. The van der Waals surface area contributed by atoms with Gasteiger partial charge < -0.3 is 14.4 Å². The summed E-state index contributed by atoms with van der Waals surface area (Å²) < 4.78 is 11.6. The summed E-state index contributed by atoms with van der Waals surface area (Å²) in [6, 6.07) is 5.84. The van der Waals surface area contributed by atoms with Crippen LogP contribution in [0.25, 0.3) is 0 Å². The van der Waals surface area contributed by atoms with E-state index in [4.69, 9.17) is 9.47 Å². The van der Waals surface area contributed by atoms with E-state index in [-0.39, 0.29) is 11.5 Å². The standard InChI is InChI=1S/C16H22N2O3/c1-13(19)18-11-16(12-18)14(6-9-21-16)5-8-20-10-15-4-2-3-7-17-15/h2-4,7,14H,5-6,8-12H2,1H3/t14-/m0/s1. The van der Waals surface area contributed by atoms with Crippen LogP contribution in [0.5, 0.6) is 0 Å². The van der Waals surface area contributed by atoms with Gasteiger partial charge in [-0.1, -0.05) is 6.07 Å². The fraction of sp³-hybridized carbons (Fsp3) is 0.625. The molecule has 0 radical (unpaired) electrons. The third-order valence-corrected chi connectivity index (χ3v) is 4.55. The molecule has 2 aliphatic heterocycles. The lowest BCUT2D eigenvalue weighted by atomic mass is 9.79. The molecule has 1 aromatic rings. The molecule has 3 heterocycles. The lowest BCUT2D eigenvalue weighted by Gasteiger charge is -2.50. The number of carbonyl (C=O) groups is 1. The monoisotopic (exact) mass is 290 g/mol. The molecule has 3 rings (SSSR count). The Morgan fingerprint density at radius 1 is 1.52 bits per heavy atom. The van der Waals surface area contributed by atoms with E-state index in [0.29, 0.717) is 19.1 Å². The molecule has 0 bridgehead atoms. The molecule has 2 fully saturated rings. The lowest BCUT2D eigenvalue weighted by molar-refractivity contribution is -0.164. The summed E-state index contributed by atoms with van der Waals surface area (Å²) >= 11 is 0. The van der Waals surface area contributed by atoms with Crippen molar-refractivity contribution in [1.82, 2.24) is 9.88 Å². The maximum Gasteiger partial charge on any atom is 0.219 e. The number of pyridine rings is 1. The van der Waals surface area contributed by atoms with Crippen LogP contribution in [0.15, 0.2) is 24.4 Å². The minimum absolute atomic E-state index is 0.0972. The molecule has 21 heavy (non-hydrogen) atoms. The molecule has 0 unspecified atom stereocenters. The topological polar surface area (TPSA) is 51.7 Å². The van der Waals surface area contributed by atoms with E-state index in [1.54, 1.807) is 13.1 Å². The highest BCUT2D eigenvalue weighted by Gasteiger charge is 2.53. The third kappa shape index (κ3) is 3.09. The van der Waals surface area contributed by atoms with Crippen molar-refractivity contribution in [3.63, 3.8) is 0 Å². The van der Waals surface area contributed by atoms with Crippen LogP contribution in [-0.2, 0) is 20.9 Å². The van der Waals surface area contributed by atoms with Crippen molar-refractivity contribution < 1.29 is 14.3 Å². The highest BCUT2D eigenvalue weighted by Crippen LogP contribution is 2.41. The van der Waals surface area contributed by atoms with Gasteiger partial charge in [-0.3, -0.25) is 9.78 Å². The Hall–Kier alpha value is -1.46. The Morgan fingerprint density at radius 2 is 2.38 bits per heavy atom. The van der Waals surface area contributed by atoms with E-state index in [9.17, 15) is 4.79 Å². The number of amides is 1. The molecule has 0 saturated carbocycles. The third-order valence-electron chi connectivity index (χ3n) is 4.55. The van der Waals surface area contributed by atoms with Crippen LogP contribution in [0.3, 0.4) is 0 Å². The van der Waals surface area contributed by atoms with Gasteiger partial charge in [-0.2, -0.15) is 0 Å². The molecule has 1 amide bonds. The number of hydrogen-bond acceptors (Lipinski definition) is 4. The van der Waals surface area contributed by atoms with Gasteiger partial charge in [-0.25, -0.2) is 0 Å². The minimum Gasteiger partial charge on any atom is -0.375 e. The predicted octanol–water partition coefficient (Wildman–Crippen LogP) is 1.63. The van der Waals surface area contributed by atoms with Crippen molar-refractivity contribution in [2.45, 2.75) is 32.0 Å². The molecular formula is C16H22N2O3. The molecule has 1 spiro atoms. The number of likely N-dealkylation sites (tertiary alicyclic amines) is 1. The number of rotatable bonds is 5. The second-order valence-electron chi connectivity index (χ2n) is 5.94. The van der Waals surface area contributed by atoms with Crippen molar-refractivity contribution in [1.29, 1.82) is 0 Å². The van der Waals surface area contributed by atoms with Crippen molar-refractivity contribution >= 4 is 5.91 Å². The maximum absolute atomic E-state index is 11.3. The average molecular weight is 290 g/mol. The van der Waals surface area contributed by atoms with Gasteiger partial charge in [0.25, 0.3) is 0 Å². The Kier molecular flexibility index (Phi) is 4.22. The number of nitrogens with zero attached hydrogens (tertiary/aromatic N) is 2. The zero-order chi connectivity index (χ0) is 14.7. The first-order chi connectivity index (χ1) is 10.2. The van der Waals surface area contributed by atoms with Gasteiger partial charge in [0.15, 0.2) is 0 Å². The zero-order valence-electron chi connectivity index (χ0n) is 12.5. The molecule has 114 valence electrons. The largest absolute Gasteiger partial charge is 0.375 e. The first-order valence-corrected chi connectivity index (χ1v) is 7.57. The summed E-state index contributed by atoms with van der Waals surface area (Å²) in [6.45, 7) is 5.18. The molecule has 5 heteroatoms. The molecule has 2 saturated heterocycles. The Bertz CT molecular complexity index is 486. The van der Waals surface area contributed by atoms with E-state index in [2.05, 4.69) is 4.98 Å². The molecule has 1 aromatic heterocycles. The van der Waals surface area contributed by atoms with Crippen molar-refractivity contribution in [3.05, 3.63) is 30.1 Å². The SMILES string of the molecule is CC(=O)N1CC2(C1)OCC[C@@H]2CCOCc1ccccn1. The van der Waals surface area contributed by atoms with Gasteiger partial charge in [0.2, 0.25) is 5.91 Å². The smallest absolute Gasteiger partial charge is 0.219 e. The van der Waals surface area contributed by atoms with Gasteiger partial charge in [-0.15, -0.1) is 0 Å². The molecule has 0 aromatic carbocycles. The molecule has 0 aliphatic carbocycles. The van der Waals surface area contributed by atoms with Crippen molar-refractivity contribution in [2.24, 2.45) is 5.92 Å². The quantitative estimate of drug-likeness (QED) is 0.773. The number of aromatic nitrogens is 1. The summed E-state index contributed by atoms with van der Waals surface area (Å²) in [4.78, 5) is 17.4. The van der Waals surface area contributed by atoms with Crippen molar-refractivity contribution in [2.75, 3.05) is 26.3 Å². The zero-order valence-corrected chi connectivity index (χ0v) is 12.5. The molecule has 2 aliphatic rings. The summed E-state index contributed by atoms with van der Waals surface area (Å²) in [5, 5.41) is 0. The van der Waals surface area contributed by atoms with Crippen LogP contribution in [0.4, 0.5) is 0 Å². The summed E-state index contributed by atoms with van der Waals surface area (Å²) in [7, 11) is 0. The van der Waals surface area contributed by atoms with E-state index in [1.807, 2.05) is 23.1 Å². The highest BCUT2D eigenvalue weighted by molar-refractivity contribution is 5.74. The predicted molar refractivity (Wildman–Crippen MR) is 77.6 cm³/mol. The van der Waals surface area contributed by atoms with E-state index >= 15 is 0 Å². The van der Waals surface area contributed by atoms with Crippen LogP contribution >= 0.6 is 0 Å². The van der Waals surface area contributed by atoms with Crippen LogP contribution in [0, 0.1) is 5.92 Å². The highest BCUT2D eigenvalue weighted by atomic mass is 16.5. The van der Waals surface area contributed by atoms with E-state index < -0.39 is 0 Å². The Morgan fingerprint density at radius 3 is 3.10 bits per heavy atom. The molecule has 1 atom stereocenters. The molecule has 0 N–H and O–H groups in total. The van der Waals surface area contributed by atoms with E-state index in [0.717, 1.165) is 38.2 Å². The fourth-order valence-corrected chi connectivity index (χ4v) is 3.25. The summed E-state index contributed by atoms with van der Waals surface area (Å²) in [6.07, 6.45) is 3.83. The van der Waals surface area contributed by atoms with E-state index in [1.165, 1.54) is 0 Å². The van der Waals surface area contributed by atoms with Crippen molar-refractivity contribution in [3.8, 4) is 0 Å².